The number of carbonyl (C=O) groups excluding carboxylic acids is 1. The smallest absolute Gasteiger partial charge is 0.163 e. The number of benzene rings is 2. The van der Waals surface area contributed by atoms with Gasteiger partial charge in [0.15, 0.2) is 5.78 Å². The highest BCUT2D eigenvalue weighted by atomic mass is 19.1. The minimum absolute atomic E-state index is 0.208. The Morgan fingerprint density at radius 1 is 1.00 bits per heavy atom. The van der Waals surface area contributed by atoms with Gasteiger partial charge in [-0.1, -0.05) is 24.0 Å². The summed E-state index contributed by atoms with van der Waals surface area (Å²) >= 11 is 0. The van der Waals surface area contributed by atoms with E-state index in [2.05, 4.69) is 11.8 Å². The van der Waals surface area contributed by atoms with Crippen LogP contribution in [0.1, 0.15) is 39.9 Å². The fraction of sp³-hybridized carbons (Fsp3) is 0.167. The van der Waals surface area contributed by atoms with Gasteiger partial charge in [-0.3, -0.25) is 4.79 Å². The fourth-order valence-corrected chi connectivity index (χ4v) is 2.43. The lowest BCUT2D eigenvalue weighted by Crippen LogP contribution is -2.10. The second-order valence-corrected chi connectivity index (χ2v) is 4.88. The van der Waals surface area contributed by atoms with Crippen molar-refractivity contribution in [2.45, 2.75) is 19.3 Å². The van der Waals surface area contributed by atoms with Crippen LogP contribution in [0.5, 0.6) is 0 Å². The lowest BCUT2D eigenvalue weighted by molar-refractivity contribution is 0.0972. The molecule has 0 bridgehead atoms. The topological polar surface area (TPSA) is 17.1 Å². The number of carbonyl (C=O) groups is 1. The molecule has 2 aromatic carbocycles. The van der Waals surface area contributed by atoms with Gasteiger partial charge in [-0.15, -0.1) is 0 Å². The Morgan fingerprint density at radius 2 is 1.85 bits per heavy atom. The molecule has 0 spiro atoms. The first-order chi connectivity index (χ1) is 9.74. The molecule has 0 N–H and O–H groups in total. The van der Waals surface area contributed by atoms with E-state index in [9.17, 15) is 9.18 Å². The summed E-state index contributed by atoms with van der Waals surface area (Å²) in [7, 11) is 0. The normalized spacial score (nSPS) is 13.3. The van der Waals surface area contributed by atoms with Gasteiger partial charge in [0.1, 0.15) is 5.82 Å². The zero-order valence-electron chi connectivity index (χ0n) is 10.9. The Labute approximate surface area is 117 Å². The number of hydrogen-bond donors (Lipinski definition) is 0. The van der Waals surface area contributed by atoms with Crippen LogP contribution in [0.4, 0.5) is 4.39 Å². The van der Waals surface area contributed by atoms with Crippen LogP contribution in [0.15, 0.2) is 42.5 Å². The molecule has 2 heteroatoms. The number of ketones is 1. The molecule has 2 aromatic rings. The largest absolute Gasteiger partial charge is 0.294 e. The van der Waals surface area contributed by atoms with Crippen molar-refractivity contribution in [3.8, 4) is 11.8 Å². The molecule has 3 rings (SSSR count). The van der Waals surface area contributed by atoms with E-state index in [1.807, 2.05) is 18.2 Å². The van der Waals surface area contributed by atoms with Crippen LogP contribution in [0.2, 0.25) is 0 Å². The number of rotatable bonds is 0. The third kappa shape index (κ3) is 2.48. The van der Waals surface area contributed by atoms with Crippen LogP contribution in [0.3, 0.4) is 0 Å². The van der Waals surface area contributed by atoms with Crippen LogP contribution < -0.4 is 0 Å². The van der Waals surface area contributed by atoms with Gasteiger partial charge in [0, 0.05) is 17.5 Å². The lowest BCUT2D eigenvalue weighted by Gasteiger charge is -2.14. The maximum Gasteiger partial charge on any atom is 0.163 e. The molecule has 0 atom stereocenters. The van der Waals surface area contributed by atoms with Crippen molar-refractivity contribution in [2.75, 3.05) is 0 Å². The maximum atomic E-state index is 13.5. The second kappa shape index (κ2) is 5.30. The quantitative estimate of drug-likeness (QED) is 0.662. The average molecular weight is 264 g/mol. The SMILES string of the molecule is O=C1CCCc2cc(C#Cc3ccccc3F)ccc21. The fourth-order valence-electron chi connectivity index (χ4n) is 2.43. The molecule has 1 aliphatic carbocycles. The highest BCUT2D eigenvalue weighted by Crippen LogP contribution is 2.22. The second-order valence-electron chi connectivity index (χ2n) is 4.88. The monoisotopic (exact) mass is 264 g/mol. The zero-order chi connectivity index (χ0) is 13.9. The van der Waals surface area contributed by atoms with Crippen molar-refractivity contribution in [1.82, 2.24) is 0 Å². The lowest BCUT2D eigenvalue weighted by atomic mass is 9.89. The summed E-state index contributed by atoms with van der Waals surface area (Å²) in [6, 6.07) is 12.1. The summed E-state index contributed by atoms with van der Waals surface area (Å²) in [5.41, 5.74) is 3.08. The Kier molecular flexibility index (Phi) is 3.35. The molecule has 0 unspecified atom stereocenters. The van der Waals surface area contributed by atoms with E-state index >= 15 is 0 Å². The van der Waals surface area contributed by atoms with Crippen molar-refractivity contribution < 1.29 is 9.18 Å². The Morgan fingerprint density at radius 3 is 2.70 bits per heavy atom. The van der Waals surface area contributed by atoms with E-state index in [0.29, 0.717) is 12.0 Å². The van der Waals surface area contributed by atoms with Gasteiger partial charge in [-0.05, 0) is 48.7 Å². The maximum absolute atomic E-state index is 13.5. The van der Waals surface area contributed by atoms with Gasteiger partial charge < -0.3 is 0 Å². The van der Waals surface area contributed by atoms with E-state index in [4.69, 9.17) is 0 Å². The first-order valence-corrected chi connectivity index (χ1v) is 6.67. The van der Waals surface area contributed by atoms with Crippen LogP contribution in [-0.4, -0.2) is 5.78 Å². The van der Waals surface area contributed by atoms with Gasteiger partial charge in [0.05, 0.1) is 5.56 Å². The summed E-state index contributed by atoms with van der Waals surface area (Å²) in [5.74, 6) is 5.70. The number of hydrogen-bond acceptors (Lipinski definition) is 1. The van der Waals surface area contributed by atoms with Gasteiger partial charge in [-0.25, -0.2) is 4.39 Å². The zero-order valence-corrected chi connectivity index (χ0v) is 10.9. The van der Waals surface area contributed by atoms with Crippen LogP contribution >= 0.6 is 0 Å². The van der Waals surface area contributed by atoms with Crippen molar-refractivity contribution >= 4 is 5.78 Å². The van der Waals surface area contributed by atoms with Gasteiger partial charge in [-0.2, -0.15) is 0 Å². The Hall–Kier alpha value is -2.40. The van der Waals surface area contributed by atoms with Crippen LogP contribution in [-0.2, 0) is 6.42 Å². The van der Waals surface area contributed by atoms with E-state index in [-0.39, 0.29) is 11.6 Å². The van der Waals surface area contributed by atoms with Crippen LogP contribution in [0.25, 0.3) is 0 Å². The average Bonchev–Trinajstić information content (AvgIpc) is 2.46. The van der Waals surface area contributed by atoms with Gasteiger partial charge >= 0.3 is 0 Å². The Bertz CT molecular complexity index is 735. The third-order valence-corrected chi connectivity index (χ3v) is 3.47. The molecule has 20 heavy (non-hydrogen) atoms. The molecule has 0 heterocycles. The van der Waals surface area contributed by atoms with E-state index < -0.39 is 0 Å². The highest BCUT2D eigenvalue weighted by Gasteiger charge is 2.16. The molecule has 1 nitrogen and oxygen atoms in total. The van der Waals surface area contributed by atoms with Gasteiger partial charge in [0.2, 0.25) is 0 Å². The molecule has 0 amide bonds. The predicted octanol–water partition coefficient (Wildman–Crippen LogP) is 3.74. The highest BCUT2D eigenvalue weighted by molar-refractivity contribution is 5.98. The number of fused-ring (bicyclic) bond motifs is 1. The van der Waals surface area contributed by atoms with Crippen LogP contribution in [0, 0.1) is 17.7 Å². The summed E-state index contributed by atoms with van der Waals surface area (Å²) < 4.78 is 13.5. The van der Waals surface area contributed by atoms with E-state index in [1.54, 1.807) is 18.2 Å². The molecule has 0 saturated heterocycles. The van der Waals surface area contributed by atoms with Crippen molar-refractivity contribution in [3.63, 3.8) is 0 Å². The summed E-state index contributed by atoms with van der Waals surface area (Å²) in [4.78, 5) is 11.7. The first kappa shape index (κ1) is 12.6. The molecule has 0 fully saturated rings. The summed E-state index contributed by atoms with van der Waals surface area (Å²) in [5, 5.41) is 0. The molecular weight excluding hydrogens is 251 g/mol. The first-order valence-electron chi connectivity index (χ1n) is 6.67. The van der Waals surface area contributed by atoms with E-state index in [1.165, 1.54) is 6.07 Å². The molecular formula is C18H13FO. The minimum atomic E-state index is -0.312. The third-order valence-electron chi connectivity index (χ3n) is 3.47. The molecule has 0 saturated carbocycles. The molecule has 98 valence electrons. The molecule has 1 aliphatic rings. The van der Waals surface area contributed by atoms with Crippen molar-refractivity contribution in [2.24, 2.45) is 0 Å². The van der Waals surface area contributed by atoms with Crippen molar-refractivity contribution in [3.05, 3.63) is 70.5 Å². The molecule has 0 aromatic heterocycles. The standard InChI is InChI=1S/C18H13FO/c19-17-6-2-1-4-14(17)10-8-13-9-11-16-15(12-13)5-3-7-18(16)20/h1-2,4,6,9,11-12H,3,5,7H2. The molecule has 0 aliphatic heterocycles. The van der Waals surface area contributed by atoms with Gasteiger partial charge in [0.25, 0.3) is 0 Å². The number of halogens is 1. The van der Waals surface area contributed by atoms with E-state index in [0.717, 1.165) is 29.5 Å². The van der Waals surface area contributed by atoms with Crippen molar-refractivity contribution in [1.29, 1.82) is 0 Å². The predicted molar refractivity (Wildman–Crippen MR) is 76.1 cm³/mol. The summed E-state index contributed by atoms with van der Waals surface area (Å²) in [6.45, 7) is 0. The minimum Gasteiger partial charge on any atom is -0.294 e. The summed E-state index contributed by atoms with van der Waals surface area (Å²) in [6.07, 6.45) is 2.44. The Balaban J connectivity index is 1.94. The molecule has 0 radical (unpaired) electrons. The number of Topliss-reactive ketones (excluding diaryl/α,β-unsaturated/α-hetero) is 1. The number of aryl methyl sites for hydroxylation is 1.